The number of aryl methyl sites for hydroxylation is 1. The van der Waals surface area contributed by atoms with Crippen molar-refractivity contribution < 1.29 is 14.3 Å². The number of para-hydroxylation sites is 1. The predicted octanol–water partition coefficient (Wildman–Crippen LogP) is 2.91. The van der Waals surface area contributed by atoms with Crippen LogP contribution in [-0.4, -0.2) is 22.5 Å². The summed E-state index contributed by atoms with van der Waals surface area (Å²) in [6.07, 6.45) is -0.689. The number of ether oxygens (including phenoxy) is 2. The van der Waals surface area contributed by atoms with E-state index in [1.807, 2.05) is 25.1 Å². The van der Waals surface area contributed by atoms with Crippen molar-refractivity contribution in [3.8, 4) is 5.75 Å². The molecular weight excluding hydrogens is 320 g/mol. The van der Waals surface area contributed by atoms with Crippen LogP contribution in [0.2, 0.25) is 0 Å². The van der Waals surface area contributed by atoms with Gasteiger partial charge in [0.05, 0.1) is 10.9 Å². The summed E-state index contributed by atoms with van der Waals surface area (Å²) in [5.41, 5.74) is 1.33. The van der Waals surface area contributed by atoms with Crippen LogP contribution >= 0.6 is 0 Å². The van der Waals surface area contributed by atoms with E-state index in [0.717, 1.165) is 5.56 Å². The van der Waals surface area contributed by atoms with Gasteiger partial charge in [-0.15, -0.1) is 0 Å². The third-order valence-corrected chi connectivity index (χ3v) is 3.67. The molecule has 6 heteroatoms. The predicted molar refractivity (Wildman–Crippen MR) is 93.5 cm³/mol. The van der Waals surface area contributed by atoms with E-state index in [4.69, 9.17) is 9.47 Å². The minimum Gasteiger partial charge on any atom is -0.482 e. The number of H-pyrrole nitrogens is 1. The average Bonchev–Trinajstić information content (AvgIpc) is 2.60. The minimum atomic E-state index is -0.689. The van der Waals surface area contributed by atoms with Gasteiger partial charge in [0.25, 0.3) is 5.56 Å². The molecule has 0 saturated heterocycles. The Labute approximate surface area is 144 Å². The maximum absolute atomic E-state index is 12.1. The van der Waals surface area contributed by atoms with Gasteiger partial charge in [0.2, 0.25) is 0 Å². The molecule has 6 nitrogen and oxygen atoms in total. The van der Waals surface area contributed by atoms with Gasteiger partial charge < -0.3 is 14.5 Å². The highest BCUT2D eigenvalue weighted by Gasteiger charge is 2.16. The largest absolute Gasteiger partial charge is 0.482 e. The molecule has 0 fully saturated rings. The first kappa shape index (κ1) is 16.7. The number of nitrogens with one attached hydrogen (secondary N) is 1. The van der Waals surface area contributed by atoms with E-state index < -0.39 is 12.1 Å². The molecule has 3 aromatic rings. The Kier molecular flexibility index (Phi) is 4.79. The number of nitrogens with zero attached hydrogens (tertiary/aromatic N) is 1. The molecule has 0 aliphatic rings. The van der Waals surface area contributed by atoms with Crippen molar-refractivity contribution in [3.05, 3.63) is 70.3 Å². The molecule has 2 aromatic carbocycles. The molecule has 1 atom stereocenters. The van der Waals surface area contributed by atoms with Gasteiger partial charge >= 0.3 is 5.97 Å². The fourth-order valence-corrected chi connectivity index (χ4v) is 2.43. The number of carbonyl (C=O) groups is 1. The topological polar surface area (TPSA) is 81.3 Å². The van der Waals surface area contributed by atoms with E-state index in [-0.39, 0.29) is 12.2 Å². The van der Waals surface area contributed by atoms with Crippen LogP contribution in [0.15, 0.2) is 53.3 Å². The second-order valence-electron chi connectivity index (χ2n) is 5.71. The summed E-state index contributed by atoms with van der Waals surface area (Å²) in [5.74, 6) is 0.360. The van der Waals surface area contributed by atoms with Crippen LogP contribution in [0, 0.1) is 6.92 Å². The molecule has 0 amide bonds. The fraction of sp³-hybridized carbons (Fsp3) is 0.211. The van der Waals surface area contributed by atoms with E-state index in [0.29, 0.717) is 22.5 Å². The molecule has 1 N–H and O–H groups in total. The first-order valence-electron chi connectivity index (χ1n) is 7.91. The summed E-state index contributed by atoms with van der Waals surface area (Å²) in [5, 5.41) is 0.493. The van der Waals surface area contributed by atoms with Crippen LogP contribution in [0.4, 0.5) is 0 Å². The van der Waals surface area contributed by atoms with Gasteiger partial charge in [0.1, 0.15) is 5.75 Å². The van der Waals surface area contributed by atoms with Crippen LogP contribution in [0.1, 0.15) is 24.4 Å². The number of aromatic amines is 1. The van der Waals surface area contributed by atoms with Crippen LogP contribution < -0.4 is 10.3 Å². The highest BCUT2D eigenvalue weighted by molar-refractivity contribution is 5.77. The molecule has 0 bridgehead atoms. The van der Waals surface area contributed by atoms with Gasteiger partial charge in [0, 0.05) is 0 Å². The van der Waals surface area contributed by atoms with Gasteiger partial charge in [-0.25, -0.2) is 9.78 Å². The molecule has 0 aliphatic carbocycles. The number of rotatable bonds is 5. The number of aromatic nitrogens is 2. The maximum atomic E-state index is 12.1. The summed E-state index contributed by atoms with van der Waals surface area (Å²) in [4.78, 5) is 31.0. The minimum absolute atomic E-state index is 0.217. The first-order valence-corrected chi connectivity index (χ1v) is 7.91. The second-order valence-corrected chi connectivity index (χ2v) is 5.71. The number of benzene rings is 2. The fourth-order valence-electron chi connectivity index (χ4n) is 2.43. The van der Waals surface area contributed by atoms with E-state index >= 15 is 0 Å². The van der Waals surface area contributed by atoms with Gasteiger partial charge in [-0.2, -0.15) is 0 Å². The molecule has 0 radical (unpaired) electrons. The van der Waals surface area contributed by atoms with E-state index in [9.17, 15) is 9.59 Å². The molecule has 128 valence electrons. The van der Waals surface area contributed by atoms with Crippen molar-refractivity contribution in [2.75, 3.05) is 6.61 Å². The Hall–Kier alpha value is -3.15. The summed E-state index contributed by atoms with van der Waals surface area (Å²) >= 11 is 0. The molecule has 1 aromatic heterocycles. The Balaban J connectivity index is 1.66. The lowest BCUT2D eigenvalue weighted by molar-refractivity contribution is -0.151. The second kappa shape index (κ2) is 7.17. The van der Waals surface area contributed by atoms with Gasteiger partial charge in [-0.1, -0.05) is 24.3 Å². The highest BCUT2D eigenvalue weighted by Crippen LogP contribution is 2.16. The summed E-state index contributed by atoms with van der Waals surface area (Å²) in [6.45, 7) is 3.37. The third kappa shape index (κ3) is 4.03. The normalized spacial score (nSPS) is 11.9. The Morgan fingerprint density at radius 1 is 1.20 bits per heavy atom. The first-order chi connectivity index (χ1) is 12.0. The standard InChI is InChI=1S/C19H18N2O4/c1-12-6-5-7-14(10-12)24-11-17(22)25-13(2)18-20-16-9-4-3-8-15(16)19(23)21-18/h3-10,13H,11H2,1-2H3,(H,20,21,23)/t13-/m0/s1. The van der Waals surface area contributed by atoms with Crippen molar-refractivity contribution in [1.29, 1.82) is 0 Å². The van der Waals surface area contributed by atoms with Crippen molar-refractivity contribution in [2.24, 2.45) is 0 Å². The number of hydrogen-bond donors (Lipinski definition) is 1. The van der Waals surface area contributed by atoms with Crippen molar-refractivity contribution in [3.63, 3.8) is 0 Å². The Morgan fingerprint density at radius 3 is 2.80 bits per heavy atom. The lowest BCUT2D eigenvalue weighted by atomic mass is 10.2. The Bertz CT molecular complexity index is 965. The van der Waals surface area contributed by atoms with Gasteiger partial charge in [-0.3, -0.25) is 4.79 Å². The van der Waals surface area contributed by atoms with E-state index in [1.54, 1.807) is 37.3 Å². The highest BCUT2D eigenvalue weighted by atomic mass is 16.6. The zero-order chi connectivity index (χ0) is 17.8. The molecule has 0 spiro atoms. The molecule has 0 saturated carbocycles. The summed E-state index contributed by atoms with van der Waals surface area (Å²) < 4.78 is 10.7. The van der Waals surface area contributed by atoms with Crippen LogP contribution in [-0.2, 0) is 9.53 Å². The molecule has 0 aliphatic heterocycles. The quantitative estimate of drug-likeness (QED) is 0.724. The maximum Gasteiger partial charge on any atom is 0.344 e. The smallest absolute Gasteiger partial charge is 0.344 e. The number of carbonyl (C=O) groups excluding carboxylic acids is 1. The van der Waals surface area contributed by atoms with Crippen LogP contribution in [0.25, 0.3) is 10.9 Å². The van der Waals surface area contributed by atoms with E-state index in [2.05, 4.69) is 9.97 Å². The monoisotopic (exact) mass is 338 g/mol. The molecule has 0 unspecified atom stereocenters. The van der Waals surface area contributed by atoms with Crippen LogP contribution in [0.3, 0.4) is 0 Å². The molecular formula is C19H18N2O4. The van der Waals surface area contributed by atoms with Crippen molar-refractivity contribution in [1.82, 2.24) is 9.97 Å². The van der Waals surface area contributed by atoms with Crippen molar-refractivity contribution >= 4 is 16.9 Å². The summed E-state index contributed by atoms with van der Waals surface area (Å²) in [6, 6.07) is 14.4. The molecule has 25 heavy (non-hydrogen) atoms. The van der Waals surface area contributed by atoms with Gasteiger partial charge in [-0.05, 0) is 43.7 Å². The zero-order valence-electron chi connectivity index (χ0n) is 14.0. The van der Waals surface area contributed by atoms with E-state index in [1.165, 1.54) is 0 Å². The lowest BCUT2D eigenvalue weighted by Crippen LogP contribution is -2.20. The number of esters is 1. The zero-order valence-corrected chi connectivity index (χ0v) is 14.0. The van der Waals surface area contributed by atoms with Crippen LogP contribution in [0.5, 0.6) is 5.75 Å². The number of fused-ring (bicyclic) bond motifs is 1. The molecule has 1 heterocycles. The summed E-state index contributed by atoms with van der Waals surface area (Å²) in [7, 11) is 0. The van der Waals surface area contributed by atoms with Gasteiger partial charge in [0.15, 0.2) is 18.5 Å². The van der Waals surface area contributed by atoms with Crippen molar-refractivity contribution in [2.45, 2.75) is 20.0 Å². The Morgan fingerprint density at radius 2 is 2.00 bits per heavy atom. The molecule has 3 rings (SSSR count). The number of hydrogen-bond acceptors (Lipinski definition) is 5. The lowest BCUT2D eigenvalue weighted by Gasteiger charge is -2.13. The third-order valence-electron chi connectivity index (χ3n) is 3.67. The average molecular weight is 338 g/mol. The SMILES string of the molecule is Cc1cccc(OCC(=O)O[C@@H](C)c2nc3ccccc3c(=O)[nH]2)c1.